The van der Waals surface area contributed by atoms with Crippen LogP contribution in [0.15, 0.2) is 24.4 Å². The molecule has 9 nitrogen and oxygen atoms in total. The molecule has 0 bridgehead atoms. The van der Waals surface area contributed by atoms with Gasteiger partial charge in [-0.15, -0.1) is 5.10 Å². The van der Waals surface area contributed by atoms with Gasteiger partial charge in [0.2, 0.25) is 11.8 Å². The van der Waals surface area contributed by atoms with Crippen LogP contribution in [0.25, 0.3) is 27.7 Å². The molecule has 3 aromatic heterocycles. The summed E-state index contributed by atoms with van der Waals surface area (Å²) in [5, 5.41) is 7.30. The van der Waals surface area contributed by atoms with Crippen LogP contribution in [-0.2, 0) is 4.74 Å². The average Bonchev–Trinajstić information content (AvgIpc) is 3.44. The number of nitrogens with zero attached hydrogens (tertiary/aromatic N) is 6. The zero-order valence-electron chi connectivity index (χ0n) is 22.6. The van der Waals surface area contributed by atoms with Crippen molar-refractivity contribution < 1.29 is 22.6 Å². The van der Waals surface area contributed by atoms with Crippen molar-refractivity contribution in [2.24, 2.45) is 0 Å². The molecule has 2 aliphatic rings. The Morgan fingerprint density at radius 2 is 1.97 bits per heavy atom. The predicted molar refractivity (Wildman–Crippen MR) is 141 cm³/mol. The van der Waals surface area contributed by atoms with Crippen LogP contribution in [0.2, 0.25) is 0 Å². The van der Waals surface area contributed by atoms with Gasteiger partial charge in [-0.25, -0.2) is 22.7 Å². The molecule has 0 aliphatic carbocycles. The number of nitrogens with one attached hydrogen (secondary N) is 1. The first kappa shape index (κ1) is 25.9. The van der Waals surface area contributed by atoms with Crippen LogP contribution < -0.4 is 10.1 Å². The Morgan fingerprint density at radius 3 is 2.62 bits per heavy atom. The van der Waals surface area contributed by atoms with Crippen LogP contribution in [0.4, 0.5) is 19.1 Å². The number of benzene rings is 1. The van der Waals surface area contributed by atoms with E-state index in [1.54, 1.807) is 17.2 Å². The molecule has 5 heterocycles. The molecular formula is C27H32F3N7O2. The van der Waals surface area contributed by atoms with Crippen molar-refractivity contribution in [2.75, 3.05) is 38.7 Å². The number of methoxy groups -OCH3 is 1. The molecule has 1 aromatic carbocycles. The van der Waals surface area contributed by atoms with Gasteiger partial charge in [0.15, 0.2) is 5.82 Å². The maximum Gasteiger partial charge on any atom is 0.280 e. The third-order valence-electron chi connectivity index (χ3n) is 7.92. The summed E-state index contributed by atoms with van der Waals surface area (Å²) in [5.41, 5.74) is 2.43. The molecule has 0 spiro atoms. The summed E-state index contributed by atoms with van der Waals surface area (Å²) in [5.74, 6) is -2.46. The number of halogens is 3. The Kier molecular flexibility index (Phi) is 6.03. The number of rotatable bonds is 6. The molecule has 39 heavy (non-hydrogen) atoms. The van der Waals surface area contributed by atoms with E-state index in [9.17, 15) is 0 Å². The van der Waals surface area contributed by atoms with E-state index in [1.165, 1.54) is 17.7 Å². The maximum absolute atomic E-state index is 15.2. The van der Waals surface area contributed by atoms with Crippen molar-refractivity contribution >= 4 is 22.5 Å². The van der Waals surface area contributed by atoms with Crippen molar-refractivity contribution in [1.82, 2.24) is 29.0 Å². The number of anilines is 1. The van der Waals surface area contributed by atoms with Gasteiger partial charge in [-0.1, -0.05) is 0 Å². The minimum absolute atomic E-state index is 0.0351. The molecule has 0 saturated carbocycles. The van der Waals surface area contributed by atoms with Crippen LogP contribution in [-0.4, -0.2) is 80.0 Å². The number of piperidine rings is 1. The van der Waals surface area contributed by atoms with Gasteiger partial charge in [-0.3, -0.25) is 4.90 Å². The van der Waals surface area contributed by atoms with Crippen molar-refractivity contribution in [3.8, 4) is 17.0 Å². The minimum Gasteiger partial charge on any atom is -0.479 e. The summed E-state index contributed by atoms with van der Waals surface area (Å²) < 4.78 is 59.9. The van der Waals surface area contributed by atoms with Crippen molar-refractivity contribution in [3.63, 3.8) is 0 Å². The molecule has 2 saturated heterocycles. The van der Waals surface area contributed by atoms with Crippen LogP contribution in [0.5, 0.6) is 5.88 Å². The average molecular weight is 544 g/mol. The third kappa shape index (κ3) is 4.20. The van der Waals surface area contributed by atoms with E-state index in [0.717, 1.165) is 5.82 Å². The number of hydrogen-bond acceptors (Lipinski definition) is 7. The quantitative estimate of drug-likeness (QED) is 0.378. The number of aromatic nitrogens is 5. The molecular weight excluding hydrogens is 511 g/mol. The van der Waals surface area contributed by atoms with Crippen LogP contribution in [0.3, 0.4) is 0 Å². The maximum atomic E-state index is 15.2. The fourth-order valence-electron chi connectivity index (χ4n) is 5.82. The molecule has 208 valence electrons. The van der Waals surface area contributed by atoms with Crippen molar-refractivity contribution in [3.05, 3.63) is 36.0 Å². The third-order valence-corrected chi connectivity index (χ3v) is 7.92. The van der Waals surface area contributed by atoms with Gasteiger partial charge in [0.1, 0.15) is 16.9 Å². The molecule has 4 aromatic rings. The summed E-state index contributed by atoms with van der Waals surface area (Å²) in [6, 6.07) is 4.07. The number of alkyl halides is 2. The highest BCUT2D eigenvalue weighted by Gasteiger charge is 2.51. The molecule has 2 fully saturated rings. The zero-order valence-corrected chi connectivity index (χ0v) is 22.6. The first-order valence-electron chi connectivity index (χ1n) is 13.1. The van der Waals surface area contributed by atoms with Crippen LogP contribution in [0.1, 0.15) is 39.1 Å². The number of aryl methyl sites for hydroxylation is 1. The Labute approximate surface area is 223 Å². The fraction of sp³-hybridized carbons (Fsp3) is 0.519. The zero-order chi connectivity index (χ0) is 27.7. The lowest BCUT2D eigenvalue weighted by atomic mass is 9.91. The predicted octanol–water partition coefficient (Wildman–Crippen LogP) is 4.69. The van der Waals surface area contributed by atoms with E-state index in [-0.39, 0.29) is 36.4 Å². The van der Waals surface area contributed by atoms with E-state index >= 15 is 13.2 Å². The van der Waals surface area contributed by atoms with Gasteiger partial charge in [0.05, 0.1) is 44.0 Å². The topological polar surface area (TPSA) is 81.7 Å². The summed E-state index contributed by atoms with van der Waals surface area (Å²) in [6.07, 6.45) is 1.91. The molecule has 1 atom stereocenters. The van der Waals surface area contributed by atoms with E-state index in [2.05, 4.69) is 20.4 Å². The molecule has 0 amide bonds. The molecule has 1 unspecified atom stereocenters. The summed E-state index contributed by atoms with van der Waals surface area (Å²) >= 11 is 0. The van der Waals surface area contributed by atoms with Crippen molar-refractivity contribution in [2.45, 2.75) is 57.7 Å². The summed E-state index contributed by atoms with van der Waals surface area (Å²) in [7, 11) is 1.46. The summed E-state index contributed by atoms with van der Waals surface area (Å²) in [4.78, 5) is 10.6. The highest BCUT2D eigenvalue weighted by Crippen LogP contribution is 2.37. The van der Waals surface area contributed by atoms with E-state index in [0.29, 0.717) is 47.4 Å². The molecule has 0 radical (unpaired) electrons. The lowest BCUT2D eigenvalue weighted by Crippen LogP contribution is -2.67. The largest absolute Gasteiger partial charge is 0.479 e. The monoisotopic (exact) mass is 543 g/mol. The van der Waals surface area contributed by atoms with Gasteiger partial charge in [0, 0.05) is 24.3 Å². The highest BCUT2D eigenvalue weighted by molar-refractivity contribution is 5.90. The normalized spacial score (nSPS) is 21.0. The van der Waals surface area contributed by atoms with E-state index in [1.807, 2.05) is 38.3 Å². The Hall–Kier alpha value is -3.38. The van der Waals surface area contributed by atoms with Gasteiger partial charge in [-0.2, -0.15) is 4.98 Å². The van der Waals surface area contributed by atoms with Crippen LogP contribution >= 0.6 is 0 Å². The van der Waals surface area contributed by atoms with Crippen molar-refractivity contribution in [1.29, 1.82) is 0 Å². The molecule has 1 N–H and O–H groups in total. The number of imidazole rings is 1. The lowest BCUT2D eigenvalue weighted by Gasteiger charge is -2.51. The number of fused-ring (bicyclic) bond motifs is 2. The van der Waals surface area contributed by atoms with Gasteiger partial charge in [0.25, 0.3) is 5.92 Å². The number of hydrogen-bond donors (Lipinski definition) is 1. The second kappa shape index (κ2) is 9.09. The molecule has 6 rings (SSSR count). The van der Waals surface area contributed by atoms with E-state index in [4.69, 9.17) is 9.47 Å². The van der Waals surface area contributed by atoms with Gasteiger partial charge in [-0.05, 0) is 57.9 Å². The Bertz CT molecular complexity index is 1560. The van der Waals surface area contributed by atoms with Gasteiger partial charge >= 0.3 is 0 Å². The van der Waals surface area contributed by atoms with Gasteiger partial charge < -0.3 is 19.4 Å². The highest BCUT2D eigenvalue weighted by atomic mass is 19.3. The lowest BCUT2D eigenvalue weighted by molar-refractivity contribution is -0.174. The second-order valence-corrected chi connectivity index (χ2v) is 11.1. The first-order valence-corrected chi connectivity index (χ1v) is 13.1. The summed E-state index contributed by atoms with van der Waals surface area (Å²) in [6.45, 7) is 8.93. The molecule has 2 aliphatic heterocycles. The fourth-order valence-corrected chi connectivity index (χ4v) is 5.82. The first-order chi connectivity index (χ1) is 18.5. The number of likely N-dealkylation sites (tertiary alicyclic amines) is 1. The van der Waals surface area contributed by atoms with Crippen LogP contribution in [0, 0.1) is 12.7 Å². The van der Waals surface area contributed by atoms with E-state index < -0.39 is 17.8 Å². The smallest absolute Gasteiger partial charge is 0.280 e. The minimum atomic E-state index is -2.99. The Morgan fingerprint density at radius 1 is 1.21 bits per heavy atom. The number of ether oxygens (including phenoxy) is 2. The molecule has 12 heteroatoms. The second-order valence-electron chi connectivity index (χ2n) is 11.1. The Balaban J connectivity index is 1.34. The standard InChI is InChI=1S/C27H32F3N7O2/c1-15(2)37-16(3)31-22-19(28)10-17(11-20(22)37)18-6-9-36-23(18)24(38-5)33-25(34-36)32-21-7-8-35(12-27(21,29)30)26(4)13-39-14-26/h6,9-11,15,21H,7-8,12-14H2,1-5H3,(H,32,34). The SMILES string of the molecule is COc1nc(NC2CCN(C3(C)COC3)CC2(F)F)nn2ccc(-c3cc(F)c4nc(C)n(C(C)C)c4c3)c12.